The van der Waals surface area contributed by atoms with Gasteiger partial charge in [-0.15, -0.1) is 0 Å². The Morgan fingerprint density at radius 2 is 1.85 bits per heavy atom. The number of benzene rings is 1. The van der Waals surface area contributed by atoms with Crippen molar-refractivity contribution < 1.29 is 23.8 Å². The van der Waals surface area contributed by atoms with Gasteiger partial charge in [0, 0.05) is 57.0 Å². The van der Waals surface area contributed by atoms with Gasteiger partial charge in [-0.05, 0) is 31.5 Å². The molecule has 0 aliphatic carbocycles. The van der Waals surface area contributed by atoms with E-state index in [-0.39, 0.29) is 30.5 Å². The number of imidazole rings is 1. The summed E-state index contributed by atoms with van der Waals surface area (Å²) in [6.45, 7) is 7.70. The Morgan fingerprint density at radius 1 is 1.15 bits per heavy atom. The van der Waals surface area contributed by atoms with Gasteiger partial charge in [-0.2, -0.15) is 0 Å². The third kappa shape index (κ3) is 6.50. The molecule has 0 radical (unpaired) electrons. The third-order valence-corrected chi connectivity index (χ3v) is 6.03. The van der Waals surface area contributed by atoms with E-state index in [1.165, 1.54) is 0 Å². The smallest absolute Gasteiger partial charge is 0.242 e. The van der Waals surface area contributed by atoms with E-state index >= 15 is 0 Å². The molecule has 1 aliphatic rings. The van der Waals surface area contributed by atoms with Crippen LogP contribution in [0.4, 0.5) is 0 Å². The summed E-state index contributed by atoms with van der Waals surface area (Å²) in [5.74, 6) is 2.18. The quantitative estimate of drug-likeness (QED) is 0.528. The number of hydrogen-bond donors (Lipinski definition) is 0. The molecule has 1 saturated heterocycles. The van der Waals surface area contributed by atoms with Crippen LogP contribution in [0.1, 0.15) is 38.6 Å². The molecule has 2 amide bonds. The van der Waals surface area contributed by atoms with Gasteiger partial charge in [0.15, 0.2) is 0 Å². The molecule has 0 saturated carbocycles. The van der Waals surface area contributed by atoms with Gasteiger partial charge < -0.3 is 28.6 Å². The van der Waals surface area contributed by atoms with E-state index in [2.05, 4.69) is 4.98 Å². The van der Waals surface area contributed by atoms with Gasteiger partial charge in [0.25, 0.3) is 0 Å². The number of rotatable bonds is 10. The molecule has 34 heavy (non-hydrogen) atoms. The minimum Gasteiger partial charge on any atom is -0.497 e. The van der Waals surface area contributed by atoms with Crippen LogP contribution >= 0.6 is 0 Å². The fourth-order valence-electron chi connectivity index (χ4n) is 4.13. The average Bonchev–Trinajstić information content (AvgIpc) is 3.22. The van der Waals surface area contributed by atoms with Gasteiger partial charge in [0.1, 0.15) is 17.3 Å². The molecule has 1 aliphatic heterocycles. The van der Waals surface area contributed by atoms with E-state index in [9.17, 15) is 9.59 Å². The molecule has 2 aromatic rings. The third-order valence-electron chi connectivity index (χ3n) is 6.03. The number of carbonyl (C=O) groups excluding carboxylic acids is 2. The molecule has 9 nitrogen and oxygen atoms in total. The zero-order valence-electron chi connectivity index (χ0n) is 20.8. The molecule has 0 bridgehead atoms. The van der Waals surface area contributed by atoms with Crippen LogP contribution in [-0.2, 0) is 33.9 Å². The Kier molecular flexibility index (Phi) is 8.92. The number of aryl methyl sites for hydroxylation is 2. The first kappa shape index (κ1) is 25.6. The predicted molar refractivity (Wildman–Crippen MR) is 128 cm³/mol. The van der Waals surface area contributed by atoms with Crippen LogP contribution in [0.3, 0.4) is 0 Å². The lowest BCUT2D eigenvalue weighted by Gasteiger charge is -2.27. The van der Waals surface area contributed by atoms with Gasteiger partial charge in [0.2, 0.25) is 11.8 Å². The molecule has 3 rings (SSSR count). The maximum absolute atomic E-state index is 13.1. The number of amides is 2. The van der Waals surface area contributed by atoms with E-state index in [0.29, 0.717) is 44.2 Å². The molecule has 1 aromatic heterocycles. The first-order chi connectivity index (χ1) is 16.3. The van der Waals surface area contributed by atoms with Crippen LogP contribution in [-0.4, -0.2) is 77.2 Å². The summed E-state index contributed by atoms with van der Waals surface area (Å²) in [5, 5.41) is 0. The fraction of sp³-hybridized carbons (Fsp3) is 0.560. The van der Waals surface area contributed by atoms with Crippen LogP contribution in [0, 0.1) is 0 Å². The van der Waals surface area contributed by atoms with E-state index in [4.69, 9.17) is 14.2 Å². The van der Waals surface area contributed by atoms with Crippen molar-refractivity contribution in [1.29, 1.82) is 0 Å². The number of carbonyl (C=O) groups is 2. The van der Waals surface area contributed by atoms with Crippen LogP contribution in [0.5, 0.6) is 11.5 Å². The standard InChI is InChI=1S/C25H36N4O5/c1-6-23-26-8-10-27(23)9-7-24(30)28-14-22(15-29(18(2)3)25(31)16-28)34-17-19-11-20(32-4)13-21(12-19)33-5/h8,10-13,18,22H,6-7,9,14-17H2,1-5H3. The van der Waals surface area contributed by atoms with Crippen molar-refractivity contribution in [3.05, 3.63) is 42.0 Å². The van der Waals surface area contributed by atoms with E-state index in [1.54, 1.807) is 36.3 Å². The van der Waals surface area contributed by atoms with E-state index in [1.807, 2.05) is 43.7 Å². The summed E-state index contributed by atoms with van der Waals surface area (Å²) in [5.41, 5.74) is 0.896. The summed E-state index contributed by atoms with van der Waals surface area (Å²) in [7, 11) is 3.21. The summed E-state index contributed by atoms with van der Waals surface area (Å²) in [6.07, 6.45) is 4.43. The lowest BCUT2D eigenvalue weighted by atomic mass is 10.2. The van der Waals surface area contributed by atoms with Crippen molar-refractivity contribution in [1.82, 2.24) is 19.4 Å². The number of ether oxygens (including phenoxy) is 3. The Hall–Kier alpha value is -3.07. The second-order valence-electron chi connectivity index (χ2n) is 8.71. The zero-order valence-corrected chi connectivity index (χ0v) is 20.8. The highest BCUT2D eigenvalue weighted by molar-refractivity contribution is 5.85. The molecule has 0 N–H and O–H groups in total. The van der Waals surface area contributed by atoms with Crippen LogP contribution in [0.15, 0.2) is 30.6 Å². The summed E-state index contributed by atoms with van der Waals surface area (Å²) >= 11 is 0. The summed E-state index contributed by atoms with van der Waals surface area (Å²) in [6, 6.07) is 5.61. The molecular weight excluding hydrogens is 436 g/mol. The summed E-state index contributed by atoms with van der Waals surface area (Å²) < 4.78 is 18.9. The van der Waals surface area contributed by atoms with E-state index < -0.39 is 0 Å². The van der Waals surface area contributed by atoms with Crippen molar-refractivity contribution >= 4 is 11.8 Å². The van der Waals surface area contributed by atoms with E-state index in [0.717, 1.165) is 17.8 Å². The highest BCUT2D eigenvalue weighted by Gasteiger charge is 2.32. The molecular formula is C25H36N4O5. The highest BCUT2D eigenvalue weighted by atomic mass is 16.5. The Bertz CT molecular complexity index is 952. The maximum Gasteiger partial charge on any atom is 0.242 e. The molecule has 1 atom stereocenters. The first-order valence-corrected chi connectivity index (χ1v) is 11.7. The lowest BCUT2D eigenvalue weighted by molar-refractivity contribution is -0.139. The number of aromatic nitrogens is 2. The van der Waals surface area contributed by atoms with Crippen LogP contribution < -0.4 is 9.47 Å². The topological polar surface area (TPSA) is 86.1 Å². The van der Waals surface area contributed by atoms with Crippen molar-refractivity contribution in [2.75, 3.05) is 33.9 Å². The first-order valence-electron chi connectivity index (χ1n) is 11.7. The second-order valence-corrected chi connectivity index (χ2v) is 8.71. The Morgan fingerprint density at radius 3 is 2.47 bits per heavy atom. The average molecular weight is 473 g/mol. The number of nitrogens with zero attached hydrogens (tertiary/aromatic N) is 4. The molecule has 1 aromatic carbocycles. The molecule has 0 spiro atoms. The van der Waals surface area contributed by atoms with Gasteiger partial charge in [0.05, 0.1) is 33.5 Å². The van der Waals surface area contributed by atoms with Crippen molar-refractivity contribution in [2.45, 2.75) is 58.9 Å². The highest BCUT2D eigenvalue weighted by Crippen LogP contribution is 2.24. The number of methoxy groups -OCH3 is 2. The van der Waals surface area contributed by atoms with Crippen LogP contribution in [0.2, 0.25) is 0 Å². The second kappa shape index (κ2) is 11.9. The molecule has 2 heterocycles. The van der Waals surface area contributed by atoms with Crippen molar-refractivity contribution in [3.8, 4) is 11.5 Å². The molecule has 1 unspecified atom stereocenters. The van der Waals surface area contributed by atoms with Crippen molar-refractivity contribution in [3.63, 3.8) is 0 Å². The Balaban J connectivity index is 1.70. The zero-order chi connectivity index (χ0) is 24.7. The number of hydrogen-bond acceptors (Lipinski definition) is 6. The predicted octanol–water partition coefficient (Wildman–Crippen LogP) is 2.52. The minimum atomic E-state index is -0.311. The molecule has 1 fully saturated rings. The van der Waals surface area contributed by atoms with Gasteiger partial charge in [-0.3, -0.25) is 9.59 Å². The van der Waals surface area contributed by atoms with Crippen molar-refractivity contribution in [2.24, 2.45) is 0 Å². The Labute approximate surface area is 201 Å². The SMILES string of the molecule is CCc1nccn1CCC(=O)N1CC(=O)N(C(C)C)CC(OCc2cc(OC)cc(OC)c2)C1. The molecule has 186 valence electrons. The fourth-order valence-corrected chi connectivity index (χ4v) is 4.13. The normalized spacial score (nSPS) is 16.6. The maximum atomic E-state index is 13.1. The van der Waals surface area contributed by atoms with Crippen LogP contribution in [0.25, 0.3) is 0 Å². The summed E-state index contributed by atoms with van der Waals surface area (Å²) in [4.78, 5) is 33.7. The van der Waals surface area contributed by atoms with Gasteiger partial charge in [-0.25, -0.2) is 4.98 Å². The van der Waals surface area contributed by atoms with Gasteiger partial charge >= 0.3 is 0 Å². The minimum absolute atomic E-state index is 0.0172. The molecule has 9 heteroatoms. The largest absolute Gasteiger partial charge is 0.497 e. The lowest BCUT2D eigenvalue weighted by Crippen LogP contribution is -2.42. The van der Waals surface area contributed by atoms with Gasteiger partial charge in [-0.1, -0.05) is 6.92 Å². The monoisotopic (exact) mass is 472 g/mol.